The highest BCUT2D eigenvalue weighted by molar-refractivity contribution is 5.87. The van der Waals surface area contributed by atoms with Gasteiger partial charge in [0.25, 0.3) is 0 Å². The molecule has 0 unspecified atom stereocenters. The van der Waals surface area contributed by atoms with Gasteiger partial charge in [0.2, 0.25) is 11.8 Å². The van der Waals surface area contributed by atoms with Crippen molar-refractivity contribution in [2.45, 2.75) is 13.0 Å². The number of benzene rings is 1. The lowest BCUT2D eigenvalue weighted by atomic mass is 10.2. The second-order valence-corrected chi connectivity index (χ2v) is 4.15. The SMILES string of the molecule is COc1ccccc1CN1CCC(=O)NCC1=O. The fourth-order valence-electron chi connectivity index (χ4n) is 1.94. The summed E-state index contributed by atoms with van der Waals surface area (Å²) in [6, 6.07) is 7.58. The van der Waals surface area contributed by atoms with Crippen LogP contribution in [0.2, 0.25) is 0 Å². The third-order valence-corrected chi connectivity index (χ3v) is 2.95. The highest BCUT2D eigenvalue weighted by atomic mass is 16.5. The minimum atomic E-state index is -0.0779. The van der Waals surface area contributed by atoms with Crippen molar-refractivity contribution in [1.29, 1.82) is 0 Å². The highest BCUT2D eigenvalue weighted by Crippen LogP contribution is 2.19. The molecule has 0 atom stereocenters. The second-order valence-electron chi connectivity index (χ2n) is 4.15. The Morgan fingerprint density at radius 3 is 2.89 bits per heavy atom. The van der Waals surface area contributed by atoms with E-state index >= 15 is 0 Å². The van der Waals surface area contributed by atoms with E-state index in [0.717, 1.165) is 11.3 Å². The van der Waals surface area contributed by atoms with Gasteiger partial charge in [-0.05, 0) is 6.07 Å². The van der Waals surface area contributed by atoms with Crippen LogP contribution in [0.5, 0.6) is 5.75 Å². The Hall–Kier alpha value is -2.04. The van der Waals surface area contributed by atoms with Gasteiger partial charge in [-0.2, -0.15) is 0 Å². The third kappa shape index (κ3) is 2.80. The Kier molecular flexibility index (Phi) is 3.82. The topological polar surface area (TPSA) is 58.6 Å². The number of hydrogen-bond acceptors (Lipinski definition) is 3. The molecule has 5 heteroatoms. The average Bonchev–Trinajstić information content (AvgIpc) is 2.55. The summed E-state index contributed by atoms with van der Waals surface area (Å²) in [6.45, 7) is 0.995. The van der Waals surface area contributed by atoms with E-state index in [0.29, 0.717) is 19.5 Å². The van der Waals surface area contributed by atoms with Crippen molar-refractivity contribution in [2.75, 3.05) is 20.2 Å². The van der Waals surface area contributed by atoms with E-state index in [9.17, 15) is 9.59 Å². The van der Waals surface area contributed by atoms with E-state index in [1.807, 2.05) is 24.3 Å². The first kappa shape index (κ1) is 12.4. The number of carbonyl (C=O) groups excluding carboxylic acids is 2. The smallest absolute Gasteiger partial charge is 0.242 e. The summed E-state index contributed by atoms with van der Waals surface area (Å²) in [5.74, 6) is 0.617. The van der Waals surface area contributed by atoms with Gasteiger partial charge < -0.3 is 15.0 Å². The Morgan fingerprint density at radius 1 is 1.33 bits per heavy atom. The Morgan fingerprint density at radius 2 is 2.11 bits per heavy atom. The number of ether oxygens (including phenoxy) is 1. The van der Waals surface area contributed by atoms with Crippen molar-refractivity contribution in [3.05, 3.63) is 29.8 Å². The quantitative estimate of drug-likeness (QED) is 0.849. The molecule has 0 radical (unpaired) electrons. The molecule has 1 heterocycles. The zero-order chi connectivity index (χ0) is 13.0. The maximum absolute atomic E-state index is 11.8. The van der Waals surface area contributed by atoms with Gasteiger partial charge in [0.15, 0.2) is 0 Å². The maximum Gasteiger partial charge on any atom is 0.242 e. The van der Waals surface area contributed by atoms with E-state index in [-0.39, 0.29) is 18.4 Å². The Balaban J connectivity index is 2.12. The lowest BCUT2D eigenvalue weighted by molar-refractivity contribution is -0.130. The van der Waals surface area contributed by atoms with E-state index in [1.165, 1.54) is 0 Å². The number of hydrogen-bond donors (Lipinski definition) is 1. The normalized spacial score (nSPS) is 16.2. The van der Waals surface area contributed by atoms with Crippen LogP contribution in [0.3, 0.4) is 0 Å². The number of amides is 2. The zero-order valence-electron chi connectivity index (χ0n) is 10.3. The number of para-hydroxylation sites is 1. The standard InChI is InChI=1S/C13H16N2O3/c1-18-11-5-3-2-4-10(11)9-15-7-6-12(16)14-8-13(15)17/h2-5H,6-9H2,1H3,(H,14,16). The molecule has 1 aromatic rings. The molecule has 1 saturated heterocycles. The molecule has 0 spiro atoms. The summed E-state index contributed by atoms with van der Waals surface area (Å²) < 4.78 is 5.25. The summed E-state index contributed by atoms with van der Waals surface area (Å²) in [5.41, 5.74) is 0.947. The highest BCUT2D eigenvalue weighted by Gasteiger charge is 2.20. The van der Waals surface area contributed by atoms with Crippen LogP contribution in [-0.2, 0) is 16.1 Å². The summed E-state index contributed by atoms with van der Waals surface area (Å²) in [6.07, 6.45) is 0.348. The molecule has 2 amide bonds. The Bertz CT molecular complexity index is 459. The predicted octanol–water partition coefficient (Wildman–Crippen LogP) is 0.544. The predicted molar refractivity (Wildman–Crippen MR) is 66.0 cm³/mol. The van der Waals surface area contributed by atoms with E-state index in [4.69, 9.17) is 4.74 Å². The van der Waals surface area contributed by atoms with Gasteiger partial charge in [-0.15, -0.1) is 0 Å². The third-order valence-electron chi connectivity index (χ3n) is 2.95. The van der Waals surface area contributed by atoms with Crippen molar-refractivity contribution < 1.29 is 14.3 Å². The summed E-state index contributed by atoms with van der Waals surface area (Å²) in [5, 5.41) is 2.58. The first-order chi connectivity index (χ1) is 8.70. The molecule has 1 fully saturated rings. The molecule has 2 rings (SSSR count). The van der Waals surface area contributed by atoms with Crippen molar-refractivity contribution in [3.63, 3.8) is 0 Å². The second kappa shape index (κ2) is 5.53. The number of carbonyl (C=O) groups is 2. The van der Waals surface area contributed by atoms with Crippen LogP contribution in [0.15, 0.2) is 24.3 Å². The molecule has 0 bridgehead atoms. The molecule has 1 N–H and O–H groups in total. The average molecular weight is 248 g/mol. The zero-order valence-corrected chi connectivity index (χ0v) is 10.3. The van der Waals surface area contributed by atoms with E-state index < -0.39 is 0 Å². The van der Waals surface area contributed by atoms with Crippen LogP contribution in [0, 0.1) is 0 Å². The van der Waals surface area contributed by atoms with Crippen molar-refractivity contribution in [1.82, 2.24) is 10.2 Å². The number of nitrogens with zero attached hydrogens (tertiary/aromatic N) is 1. The summed E-state index contributed by atoms with van der Waals surface area (Å²) in [7, 11) is 1.61. The Labute approximate surface area is 106 Å². The molecule has 1 aliphatic heterocycles. The lowest BCUT2D eigenvalue weighted by Crippen LogP contribution is -2.34. The van der Waals surface area contributed by atoms with Gasteiger partial charge >= 0.3 is 0 Å². The molecule has 1 aromatic carbocycles. The molecular formula is C13H16N2O3. The van der Waals surface area contributed by atoms with Crippen LogP contribution in [-0.4, -0.2) is 36.9 Å². The molecule has 96 valence electrons. The molecule has 0 aromatic heterocycles. The van der Waals surface area contributed by atoms with E-state index in [2.05, 4.69) is 5.32 Å². The van der Waals surface area contributed by atoms with Gasteiger partial charge in [0, 0.05) is 25.1 Å². The van der Waals surface area contributed by atoms with Crippen molar-refractivity contribution in [3.8, 4) is 5.75 Å². The summed E-state index contributed by atoms with van der Waals surface area (Å²) >= 11 is 0. The molecular weight excluding hydrogens is 232 g/mol. The van der Waals surface area contributed by atoms with Gasteiger partial charge in [-0.3, -0.25) is 9.59 Å². The molecule has 5 nitrogen and oxygen atoms in total. The van der Waals surface area contributed by atoms with Crippen LogP contribution in [0.4, 0.5) is 0 Å². The molecule has 0 aliphatic carbocycles. The van der Waals surface area contributed by atoms with Crippen LogP contribution < -0.4 is 10.1 Å². The fourth-order valence-corrected chi connectivity index (χ4v) is 1.94. The lowest BCUT2D eigenvalue weighted by Gasteiger charge is -2.20. The van der Waals surface area contributed by atoms with Gasteiger partial charge in [0.1, 0.15) is 5.75 Å². The number of nitrogens with one attached hydrogen (secondary N) is 1. The van der Waals surface area contributed by atoms with Crippen LogP contribution in [0.1, 0.15) is 12.0 Å². The van der Waals surface area contributed by atoms with Gasteiger partial charge in [-0.1, -0.05) is 18.2 Å². The summed E-state index contributed by atoms with van der Waals surface area (Å²) in [4.78, 5) is 24.7. The van der Waals surface area contributed by atoms with Crippen molar-refractivity contribution in [2.24, 2.45) is 0 Å². The van der Waals surface area contributed by atoms with Gasteiger partial charge in [-0.25, -0.2) is 0 Å². The first-order valence-corrected chi connectivity index (χ1v) is 5.87. The number of methoxy groups -OCH3 is 1. The molecule has 18 heavy (non-hydrogen) atoms. The molecule has 1 aliphatic rings. The largest absolute Gasteiger partial charge is 0.496 e. The minimum Gasteiger partial charge on any atom is -0.496 e. The van der Waals surface area contributed by atoms with E-state index in [1.54, 1.807) is 12.0 Å². The number of rotatable bonds is 3. The molecule has 0 saturated carbocycles. The van der Waals surface area contributed by atoms with Crippen molar-refractivity contribution >= 4 is 11.8 Å². The first-order valence-electron chi connectivity index (χ1n) is 5.87. The van der Waals surface area contributed by atoms with Crippen LogP contribution >= 0.6 is 0 Å². The minimum absolute atomic E-state index is 0.0632. The fraction of sp³-hybridized carbons (Fsp3) is 0.385. The van der Waals surface area contributed by atoms with Gasteiger partial charge in [0.05, 0.1) is 13.7 Å². The monoisotopic (exact) mass is 248 g/mol. The van der Waals surface area contributed by atoms with Crippen LogP contribution in [0.25, 0.3) is 0 Å². The maximum atomic E-state index is 11.8.